The lowest BCUT2D eigenvalue weighted by Crippen LogP contribution is -2.03. The number of halogens is 3. The van der Waals surface area contributed by atoms with Gasteiger partial charge in [-0.25, -0.2) is 9.97 Å². The van der Waals surface area contributed by atoms with Crippen molar-refractivity contribution in [3.8, 4) is 11.4 Å². The Labute approximate surface area is 172 Å². The molecule has 0 saturated heterocycles. The maximum absolute atomic E-state index is 6.37. The first-order chi connectivity index (χ1) is 12.9. The van der Waals surface area contributed by atoms with Gasteiger partial charge in [0.25, 0.3) is 0 Å². The van der Waals surface area contributed by atoms with Crippen LogP contribution < -0.4 is 0 Å². The molecule has 0 aliphatic rings. The predicted molar refractivity (Wildman–Crippen MR) is 113 cm³/mol. The third-order valence-corrected chi connectivity index (χ3v) is 5.73. The molecule has 0 atom stereocenters. The molecular weight excluding hydrogens is 401 g/mol. The lowest BCUT2D eigenvalue weighted by Gasteiger charge is -2.11. The van der Waals surface area contributed by atoms with Gasteiger partial charge in [0, 0.05) is 12.7 Å². The number of aromatic nitrogens is 3. The minimum atomic E-state index is 0.427. The van der Waals surface area contributed by atoms with Gasteiger partial charge in [0.05, 0.1) is 26.6 Å². The van der Waals surface area contributed by atoms with Crippen molar-refractivity contribution in [2.45, 2.75) is 20.4 Å². The van der Waals surface area contributed by atoms with Crippen molar-refractivity contribution in [3.63, 3.8) is 0 Å². The molecule has 0 fully saturated rings. The summed E-state index contributed by atoms with van der Waals surface area (Å²) in [6, 6.07) is 13.7. The number of nitrogens with zero attached hydrogens (tertiary/aromatic N) is 3. The van der Waals surface area contributed by atoms with Gasteiger partial charge in [-0.2, -0.15) is 0 Å². The molecule has 136 valence electrons. The Kier molecular flexibility index (Phi) is 4.85. The summed E-state index contributed by atoms with van der Waals surface area (Å²) in [5, 5.41) is 1.50. The highest BCUT2D eigenvalue weighted by molar-refractivity contribution is 6.42. The van der Waals surface area contributed by atoms with E-state index in [-0.39, 0.29) is 0 Å². The number of rotatable bonds is 3. The SMILES string of the molecule is Cc1cc2nc(-c3cccnc3Cl)n(Cc3ccc(Cl)c(Cl)c3)c2cc1C. The van der Waals surface area contributed by atoms with Crippen LogP contribution in [0.2, 0.25) is 15.2 Å². The number of fused-ring (bicyclic) bond motifs is 1. The van der Waals surface area contributed by atoms with E-state index in [2.05, 4.69) is 35.5 Å². The van der Waals surface area contributed by atoms with Crippen molar-refractivity contribution in [1.29, 1.82) is 0 Å². The lowest BCUT2D eigenvalue weighted by atomic mass is 10.1. The van der Waals surface area contributed by atoms with Gasteiger partial charge in [-0.05, 0) is 66.9 Å². The van der Waals surface area contributed by atoms with Crippen molar-refractivity contribution < 1.29 is 0 Å². The normalized spacial score (nSPS) is 11.3. The van der Waals surface area contributed by atoms with Crippen LogP contribution in [0.1, 0.15) is 16.7 Å². The van der Waals surface area contributed by atoms with Gasteiger partial charge in [0.2, 0.25) is 0 Å². The molecule has 0 amide bonds. The summed E-state index contributed by atoms with van der Waals surface area (Å²) < 4.78 is 2.14. The van der Waals surface area contributed by atoms with E-state index in [9.17, 15) is 0 Å². The van der Waals surface area contributed by atoms with E-state index < -0.39 is 0 Å². The molecule has 4 rings (SSSR count). The lowest BCUT2D eigenvalue weighted by molar-refractivity contribution is 0.833. The van der Waals surface area contributed by atoms with Gasteiger partial charge in [-0.15, -0.1) is 0 Å². The molecule has 27 heavy (non-hydrogen) atoms. The molecular formula is C21H16Cl3N3. The first-order valence-electron chi connectivity index (χ1n) is 8.46. The Bertz CT molecular complexity index is 1170. The molecule has 2 aromatic carbocycles. The van der Waals surface area contributed by atoms with Crippen LogP contribution in [0.3, 0.4) is 0 Å². The van der Waals surface area contributed by atoms with E-state index in [4.69, 9.17) is 39.8 Å². The largest absolute Gasteiger partial charge is 0.319 e. The van der Waals surface area contributed by atoms with E-state index in [0.29, 0.717) is 21.7 Å². The van der Waals surface area contributed by atoms with Gasteiger partial charge in [0.1, 0.15) is 11.0 Å². The van der Waals surface area contributed by atoms with E-state index in [1.54, 1.807) is 6.20 Å². The molecule has 0 saturated carbocycles. The third-order valence-electron chi connectivity index (χ3n) is 4.69. The topological polar surface area (TPSA) is 30.7 Å². The standard InChI is InChI=1S/C21H16Cl3N3/c1-12-8-18-19(9-13(12)2)27(11-14-5-6-16(22)17(23)10-14)21(26-18)15-4-3-7-25-20(15)24/h3-10H,11H2,1-2H3. The zero-order valence-corrected chi connectivity index (χ0v) is 17.1. The summed E-state index contributed by atoms with van der Waals surface area (Å²) in [6.07, 6.45) is 1.67. The monoisotopic (exact) mass is 415 g/mol. The van der Waals surface area contributed by atoms with Crippen LogP contribution >= 0.6 is 34.8 Å². The van der Waals surface area contributed by atoms with Crippen molar-refractivity contribution in [3.05, 3.63) is 80.6 Å². The van der Waals surface area contributed by atoms with Crippen molar-refractivity contribution in [1.82, 2.24) is 14.5 Å². The first-order valence-corrected chi connectivity index (χ1v) is 9.59. The first kappa shape index (κ1) is 18.3. The summed E-state index contributed by atoms with van der Waals surface area (Å²) in [5.41, 5.74) is 6.20. The van der Waals surface area contributed by atoms with Crippen molar-refractivity contribution >= 4 is 45.8 Å². The smallest absolute Gasteiger partial charge is 0.144 e. The zero-order chi connectivity index (χ0) is 19.1. The number of imidazole rings is 1. The summed E-state index contributed by atoms with van der Waals surface area (Å²) in [5.74, 6) is 0.777. The average Bonchev–Trinajstić information content (AvgIpc) is 2.96. The number of hydrogen-bond acceptors (Lipinski definition) is 2. The van der Waals surface area contributed by atoms with Crippen LogP contribution in [-0.4, -0.2) is 14.5 Å². The molecule has 2 heterocycles. The second-order valence-corrected chi connectivity index (χ2v) is 7.71. The maximum atomic E-state index is 6.37. The molecule has 4 aromatic rings. The number of hydrogen-bond donors (Lipinski definition) is 0. The molecule has 6 heteroatoms. The van der Waals surface area contributed by atoms with Crippen LogP contribution in [-0.2, 0) is 6.54 Å². The van der Waals surface area contributed by atoms with Crippen LogP contribution in [0, 0.1) is 13.8 Å². The molecule has 2 aromatic heterocycles. The van der Waals surface area contributed by atoms with Gasteiger partial charge < -0.3 is 4.57 Å². The molecule has 0 bridgehead atoms. The maximum Gasteiger partial charge on any atom is 0.144 e. The molecule has 0 N–H and O–H groups in total. The van der Waals surface area contributed by atoms with E-state index in [0.717, 1.165) is 28.0 Å². The Morgan fingerprint density at radius 1 is 0.926 bits per heavy atom. The zero-order valence-electron chi connectivity index (χ0n) is 14.8. The van der Waals surface area contributed by atoms with Crippen LogP contribution in [0.5, 0.6) is 0 Å². The van der Waals surface area contributed by atoms with Crippen LogP contribution in [0.15, 0.2) is 48.7 Å². The molecule has 0 aliphatic carbocycles. The number of pyridine rings is 1. The van der Waals surface area contributed by atoms with Gasteiger partial charge in [-0.3, -0.25) is 0 Å². The quantitative estimate of drug-likeness (QED) is 0.347. The second-order valence-electron chi connectivity index (χ2n) is 6.54. The van der Waals surface area contributed by atoms with Gasteiger partial charge in [-0.1, -0.05) is 40.9 Å². The third kappa shape index (κ3) is 3.43. The van der Waals surface area contributed by atoms with Gasteiger partial charge >= 0.3 is 0 Å². The number of aryl methyl sites for hydroxylation is 2. The van der Waals surface area contributed by atoms with Crippen molar-refractivity contribution in [2.75, 3.05) is 0 Å². The summed E-state index contributed by atoms with van der Waals surface area (Å²) in [6.45, 7) is 4.78. The summed E-state index contributed by atoms with van der Waals surface area (Å²) in [7, 11) is 0. The highest BCUT2D eigenvalue weighted by Crippen LogP contribution is 2.32. The molecule has 0 spiro atoms. The Balaban J connectivity index is 1.95. The Hall–Kier alpha value is -2.07. The minimum absolute atomic E-state index is 0.427. The minimum Gasteiger partial charge on any atom is -0.319 e. The molecule has 0 radical (unpaired) electrons. The van der Waals surface area contributed by atoms with E-state index in [1.807, 2.05) is 30.3 Å². The second kappa shape index (κ2) is 7.16. The molecule has 0 aliphatic heterocycles. The van der Waals surface area contributed by atoms with Crippen LogP contribution in [0.4, 0.5) is 0 Å². The van der Waals surface area contributed by atoms with Gasteiger partial charge in [0.15, 0.2) is 0 Å². The fraction of sp³-hybridized carbons (Fsp3) is 0.143. The average molecular weight is 417 g/mol. The molecule has 0 unspecified atom stereocenters. The van der Waals surface area contributed by atoms with Crippen molar-refractivity contribution in [2.24, 2.45) is 0 Å². The Morgan fingerprint density at radius 2 is 1.70 bits per heavy atom. The van der Waals surface area contributed by atoms with Crippen LogP contribution in [0.25, 0.3) is 22.4 Å². The highest BCUT2D eigenvalue weighted by atomic mass is 35.5. The van der Waals surface area contributed by atoms with E-state index in [1.165, 1.54) is 11.1 Å². The van der Waals surface area contributed by atoms with E-state index >= 15 is 0 Å². The fourth-order valence-electron chi connectivity index (χ4n) is 3.12. The summed E-state index contributed by atoms with van der Waals surface area (Å²) in [4.78, 5) is 9.07. The predicted octanol–water partition coefficient (Wildman–Crippen LogP) is 6.72. The Morgan fingerprint density at radius 3 is 2.44 bits per heavy atom. The highest BCUT2D eigenvalue weighted by Gasteiger charge is 2.17. The number of benzene rings is 2. The molecule has 3 nitrogen and oxygen atoms in total. The summed E-state index contributed by atoms with van der Waals surface area (Å²) >= 11 is 18.6. The fourth-order valence-corrected chi connectivity index (χ4v) is 3.64.